The molecule has 110 valence electrons. The van der Waals surface area contributed by atoms with Gasteiger partial charge >= 0.3 is 0 Å². The number of fused-ring (bicyclic) bond motifs is 1. The molecule has 2 aromatic rings. The zero-order valence-corrected chi connectivity index (χ0v) is 12.3. The summed E-state index contributed by atoms with van der Waals surface area (Å²) in [5.74, 6) is -0.569. The number of nitrogens with two attached hydrogens (primary N) is 1. The highest BCUT2D eigenvalue weighted by atomic mass is 32.2. The summed E-state index contributed by atoms with van der Waals surface area (Å²) in [4.78, 5) is -0.0426. The van der Waals surface area contributed by atoms with E-state index in [9.17, 15) is 12.8 Å². The Balaban J connectivity index is 2.12. The van der Waals surface area contributed by atoms with Crippen molar-refractivity contribution in [1.29, 1.82) is 0 Å². The number of nitrogens with zero attached hydrogens (tertiary/aromatic N) is 1. The fourth-order valence-electron chi connectivity index (χ4n) is 2.73. The van der Waals surface area contributed by atoms with Crippen LogP contribution in [0.5, 0.6) is 0 Å². The summed E-state index contributed by atoms with van der Waals surface area (Å²) in [6.45, 7) is 1.83. The Labute approximate surface area is 123 Å². The molecular formula is C15H15FN2O2S. The van der Waals surface area contributed by atoms with Crippen LogP contribution in [0.3, 0.4) is 0 Å². The van der Waals surface area contributed by atoms with Crippen LogP contribution in [-0.4, -0.2) is 14.5 Å². The van der Waals surface area contributed by atoms with Gasteiger partial charge in [-0.15, -0.1) is 0 Å². The molecule has 0 saturated heterocycles. The minimum atomic E-state index is -3.78. The average Bonchev–Trinajstić information content (AvgIpc) is 2.74. The van der Waals surface area contributed by atoms with Gasteiger partial charge in [0, 0.05) is 11.7 Å². The van der Waals surface area contributed by atoms with Gasteiger partial charge in [-0.25, -0.2) is 12.8 Å². The van der Waals surface area contributed by atoms with Crippen molar-refractivity contribution in [2.24, 2.45) is 0 Å². The molecular weight excluding hydrogens is 291 g/mol. The number of sulfonamides is 1. The Hall–Kier alpha value is -2.08. The topological polar surface area (TPSA) is 63.4 Å². The molecule has 0 spiro atoms. The first-order valence-electron chi connectivity index (χ1n) is 6.58. The van der Waals surface area contributed by atoms with Crippen molar-refractivity contribution < 1.29 is 12.8 Å². The highest BCUT2D eigenvalue weighted by Crippen LogP contribution is 2.37. The molecule has 4 nitrogen and oxygen atoms in total. The maximum absolute atomic E-state index is 13.3. The molecule has 2 N–H and O–H groups in total. The molecule has 1 aliphatic rings. The summed E-state index contributed by atoms with van der Waals surface area (Å²) >= 11 is 0. The molecule has 2 aromatic carbocycles. The van der Waals surface area contributed by atoms with Crippen molar-refractivity contribution in [1.82, 2.24) is 0 Å². The van der Waals surface area contributed by atoms with Crippen LogP contribution in [-0.2, 0) is 16.4 Å². The van der Waals surface area contributed by atoms with E-state index in [2.05, 4.69) is 0 Å². The lowest BCUT2D eigenvalue weighted by Gasteiger charge is -2.24. The molecule has 3 rings (SSSR count). The number of hydrogen-bond donors (Lipinski definition) is 1. The van der Waals surface area contributed by atoms with Crippen LogP contribution < -0.4 is 10.0 Å². The fraction of sp³-hybridized carbons (Fsp3) is 0.200. The summed E-state index contributed by atoms with van der Waals surface area (Å²) in [7, 11) is -3.78. The predicted octanol–water partition coefficient (Wildman–Crippen LogP) is 2.55. The Morgan fingerprint density at radius 1 is 1.24 bits per heavy atom. The average molecular weight is 306 g/mol. The van der Waals surface area contributed by atoms with Gasteiger partial charge in [-0.3, -0.25) is 4.31 Å². The summed E-state index contributed by atoms with van der Waals surface area (Å²) in [5, 5.41) is 0. The minimum Gasteiger partial charge on any atom is -0.399 e. The number of rotatable bonds is 2. The van der Waals surface area contributed by atoms with Crippen molar-refractivity contribution in [2.45, 2.75) is 24.3 Å². The smallest absolute Gasteiger partial charge is 0.264 e. The largest absolute Gasteiger partial charge is 0.399 e. The summed E-state index contributed by atoms with van der Waals surface area (Å²) in [5.41, 5.74) is 7.85. The van der Waals surface area contributed by atoms with Gasteiger partial charge < -0.3 is 5.73 Å². The van der Waals surface area contributed by atoms with Crippen LogP contribution in [0, 0.1) is 5.82 Å². The lowest BCUT2D eigenvalue weighted by Crippen LogP contribution is -2.35. The Morgan fingerprint density at radius 3 is 2.71 bits per heavy atom. The summed E-state index contributed by atoms with van der Waals surface area (Å²) in [6.07, 6.45) is 0.592. The number of hydrogen-bond acceptors (Lipinski definition) is 3. The molecule has 0 fully saturated rings. The van der Waals surface area contributed by atoms with Crippen molar-refractivity contribution in [2.75, 3.05) is 10.0 Å². The normalized spacial score (nSPS) is 17.8. The summed E-state index contributed by atoms with van der Waals surface area (Å²) < 4.78 is 40.2. The first kappa shape index (κ1) is 13.9. The first-order valence-corrected chi connectivity index (χ1v) is 8.02. The van der Waals surface area contributed by atoms with Gasteiger partial charge in [0.05, 0.1) is 10.6 Å². The van der Waals surface area contributed by atoms with E-state index in [1.165, 1.54) is 22.5 Å². The van der Waals surface area contributed by atoms with Gasteiger partial charge in [0.1, 0.15) is 5.82 Å². The van der Waals surface area contributed by atoms with Crippen LogP contribution in [0.2, 0.25) is 0 Å². The molecule has 1 atom stereocenters. The van der Waals surface area contributed by atoms with Crippen LogP contribution in [0.4, 0.5) is 15.8 Å². The van der Waals surface area contributed by atoms with Crippen LogP contribution in [0.25, 0.3) is 0 Å². The third-order valence-corrected chi connectivity index (χ3v) is 5.53. The van der Waals surface area contributed by atoms with E-state index >= 15 is 0 Å². The van der Waals surface area contributed by atoms with E-state index in [4.69, 9.17) is 5.73 Å². The van der Waals surface area contributed by atoms with Gasteiger partial charge in [0.25, 0.3) is 10.0 Å². The number of benzene rings is 2. The molecule has 0 aliphatic carbocycles. The Morgan fingerprint density at radius 2 is 2.00 bits per heavy atom. The molecule has 0 aromatic heterocycles. The fourth-order valence-corrected chi connectivity index (χ4v) is 4.45. The van der Waals surface area contributed by atoms with E-state index in [0.29, 0.717) is 17.8 Å². The third-order valence-electron chi connectivity index (χ3n) is 3.61. The first-order chi connectivity index (χ1) is 9.89. The van der Waals surface area contributed by atoms with Crippen LogP contribution in [0.1, 0.15) is 12.5 Å². The second-order valence-corrected chi connectivity index (χ2v) is 7.01. The van der Waals surface area contributed by atoms with Crippen molar-refractivity contribution in [3.63, 3.8) is 0 Å². The number of anilines is 2. The Bertz CT molecular complexity index is 805. The maximum Gasteiger partial charge on any atom is 0.264 e. The van der Waals surface area contributed by atoms with Crippen molar-refractivity contribution in [3.05, 3.63) is 53.8 Å². The van der Waals surface area contributed by atoms with Crippen LogP contribution >= 0.6 is 0 Å². The predicted molar refractivity (Wildman–Crippen MR) is 80.1 cm³/mol. The summed E-state index contributed by atoms with van der Waals surface area (Å²) in [6, 6.07) is 9.99. The van der Waals surface area contributed by atoms with E-state index in [1.54, 1.807) is 18.2 Å². The van der Waals surface area contributed by atoms with Gasteiger partial charge in [-0.05, 0) is 55.3 Å². The van der Waals surface area contributed by atoms with Crippen molar-refractivity contribution >= 4 is 21.4 Å². The highest BCUT2D eigenvalue weighted by Gasteiger charge is 2.36. The third kappa shape index (κ3) is 2.25. The minimum absolute atomic E-state index is 0.0426. The molecule has 6 heteroatoms. The quantitative estimate of drug-likeness (QED) is 0.867. The van der Waals surface area contributed by atoms with E-state index in [1.807, 2.05) is 6.92 Å². The molecule has 0 saturated carbocycles. The van der Waals surface area contributed by atoms with E-state index in [-0.39, 0.29) is 10.9 Å². The highest BCUT2D eigenvalue weighted by molar-refractivity contribution is 7.92. The van der Waals surface area contributed by atoms with Gasteiger partial charge in [0.2, 0.25) is 0 Å². The SMILES string of the molecule is CC1Cc2cc(N)ccc2N1S(=O)(=O)c1cccc(F)c1. The van der Waals surface area contributed by atoms with Gasteiger partial charge in [-0.2, -0.15) is 0 Å². The Kier molecular flexibility index (Phi) is 3.13. The number of halogens is 1. The second kappa shape index (κ2) is 4.73. The van der Waals surface area contributed by atoms with Crippen LogP contribution in [0.15, 0.2) is 47.4 Å². The van der Waals surface area contributed by atoms with Gasteiger partial charge in [0.15, 0.2) is 0 Å². The molecule has 1 unspecified atom stereocenters. The maximum atomic E-state index is 13.3. The molecule has 21 heavy (non-hydrogen) atoms. The van der Waals surface area contributed by atoms with E-state index in [0.717, 1.165) is 11.6 Å². The lowest BCUT2D eigenvalue weighted by molar-refractivity contribution is 0.580. The zero-order valence-electron chi connectivity index (χ0n) is 11.5. The zero-order chi connectivity index (χ0) is 15.2. The van der Waals surface area contributed by atoms with Crippen molar-refractivity contribution in [3.8, 4) is 0 Å². The second-order valence-electron chi connectivity index (χ2n) is 5.20. The molecule has 0 radical (unpaired) electrons. The molecule has 1 heterocycles. The molecule has 0 amide bonds. The molecule has 0 bridgehead atoms. The van der Waals surface area contributed by atoms with E-state index < -0.39 is 15.8 Å². The van der Waals surface area contributed by atoms with Gasteiger partial charge in [-0.1, -0.05) is 6.07 Å². The monoisotopic (exact) mass is 306 g/mol. The number of nitrogen functional groups attached to an aromatic ring is 1. The standard InChI is InChI=1S/C15H15FN2O2S/c1-10-7-11-8-13(17)5-6-15(11)18(10)21(19,20)14-4-2-3-12(16)9-14/h2-6,8-10H,7,17H2,1H3. The lowest BCUT2D eigenvalue weighted by atomic mass is 10.1. The molecule has 1 aliphatic heterocycles.